The van der Waals surface area contributed by atoms with Crippen molar-refractivity contribution in [3.05, 3.63) is 28.6 Å². The summed E-state index contributed by atoms with van der Waals surface area (Å²) >= 11 is 1.34. The summed E-state index contributed by atoms with van der Waals surface area (Å²) in [5.41, 5.74) is 2.93. The second-order valence-electron chi connectivity index (χ2n) is 5.75. The van der Waals surface area contributed by atoms with Crippen molar-refractivity contribution in [2.75, 3.05) is 11.9 Å². The Kier molecular flexibility index (Phi) is 4.53. The third-order valence-electron chi connectivity index (χ3n) is 3.97. The lowest BCUT2D eigenvalue weighted by Crippen LogP contribution is -2.26. The molecule has 2 heterocycles. The predicted molar refractivity (Wildman–Crippen MR) is 91.5 cm³/mol. The van der Waals surface area contributed by atoms with Gasteiger partial charge in [-0.15, -0.1) is 11.3 Å². The quantitative estimate of drug-likeness (QED) is 0.831. The maximum atomic E-state index is 11.9. The fourth-order valence-corrected chi connectivity index (χ4v) is 3.39. The first-order valence-electron chi connectivity index (χ1n) is 7.73. The van der Waals surface area contributed by atoms with Crippen LogP contribution in [-0.4, -0.2) is 28.6 Å². The molecule has 0 bridgehead atoms. The highest BCUT2D eigenvalue weighted by Gasteiger charge is 2.22. The molecule has 1 aliphatic rings. The number of aromatic nitrogens is 1. The van der Waals surface area contributed by atoms with Crippen molar-refractivity contribution in [1.29, 1.82) is 0 Å². The minimum atomic E-state index is -1.16. The Morgan fingerprint density at radius 2 is 2.21 bits per heavy atom. The molecule has 126 valence electrons. The molecular weight excluding hydrogens is 328 g/mol. The van der Waals surface area contributed by atoms with E-state index in [-0.39, 0.29) is 0 Å². The summed E-state index contributed by atoms with van der Waals surface area (Å²) in [5, 5.41) is 11.9. The number of hydrogen-bond donors (Lipinski definition) is 2. The number of amides is 1. The molecule has 1 amide bonds. The van der Waals surface area contributed by atoms with Gasteiger partial charge in [-0.05, 0) is 50.5 Å². The first kappa shape index (κ1) is 16.4. The van der Waals surface area contributed by atoms with Crippen LogP contribution in [0.1, 0.15) is 23.8 Å². The SMILES string of the molecule is Cc1sc(NC(=O)C(C)C(=O)O)nc1-c1ccc2c(c1)CCCO2. The van der Waals surface area contributed by atoms with Crippen LogP contribution in [0.25, 0.3) is 11.3 Å². The van der Waals surface area contributed by atoms with Crippen LogP contribution in [0.4, 0.5) is 5.13 Å². The molecule has 0 aliphatic carbocycles. The van der Waals surface area contributed by atoms with E-state index in [4.69, 9.17) is 9.84 Å². The van der Waals surface area contributed by atoms with E-state index in [1.807, 2.05) is 19.1 Å². The van der Waals surface area contributed by atoms with Gasteiger partial charge in [0.2, 0.25) is 5.91 Å². The molecule has 1 aromatic heterocycles. The number of ether oxygens (including phenoxy) is 1. The molecule has 1 aliphatic heterocycles. The van der Waals surface area contributed by atoms with E-state index < -0.39 is 17.8 Å². The van der Waals surface area contributed by atoms with Crippen LogP contribution in [0.3, 0.4) is 0 Å². The number of nitrogens with one attached hydrogen (secondary N) is 1. The van der Waals surface area contributed by atoms with E-state index in [0.29, 0.717) is 5.13 Å². The number of aliphatic carboxylic acids is 1. The molecule has 1 atom stereocenters. The fraction of sp³-hybridized carbons (Fsp3) is 0.353. The first-order chi connectivity index (χ1) is 11.5. The van der Waals surface area contributed by atoms with E-state index in [9.17, 15) is 9.59 Å². The maximum Gasteiger partial charge on any atom is 0.315 e. The summed E-state index contributed by atoms with van der Waals surface area (Å²) in [4.78, 5) is 28.2. The van der Waals surface area contributed by atoms with Gasteiger partial charge in [0.05, 0.1) is 12.3 Å². The Bertz CT molecular complexity index is 800. The number of thiazole rings is 1. The van der Waals surface area contributed by atoms with Crippen molar-refractivity contribution in [2.24, 2.45) is 5.92 Å². The summed E-state index contributed by atoms with van der Waals surface area (Å²) in [6.45, 7) is 4.03. The molecule has 1 aromatic carbocycles. The third-order valence-corrected chi connectivity index (χ3v) is 4.86. The molecule has 1 unspecified atom stereocenters. The van der Waals surface area contributed by atoms with Crippen molar-refractivity contribution < 1.29 is 19.4 Å². The van der Waals surface area contributed by atoms with E-state index in [2.05, 4.69) is 16.4 Å². The smallest absolute Gasteiger partial charge is 0.315 e. The van der Waals surface area contributed by atoms with Gasteiger partial charge >= 0.3 is 5.97 Å². The lowest BCUT2D eigenvalue weighted by atomic mass is 10.0. The summed E-state index contributed by atoms with van der Waals surface area (Å²) in [5.74, 6) is -1.92. The van der Waals surface area contributed by atoms with Gasteiger partial charge in [-0.1, -0.05) is 0 Å². The molecule has 2 N–H and O–H groups in total. The molecular formula is C17H18N2O4S. The number of benzene rings is 1. The monoisotopic (exact) mass is 346 g/mol. The van der Waals surface area contributed by atoms with Crippen molar-refractivity contribution in [3.8, 4) is 17.0 Å². The predicted octanol–water partition coefficient (Wildman–Crippen LogP) is 3.10. The zero-order valence-electron chi connectivity index (χ0n) is 13.5. The molecule has 0 fully saturated rings. The number of rotatable bonds is 4. The van der Waals surface area contributed by atoms with Crippen molar-refractivity contribution >= 4 is 28.3 Å². The zero-order valence-corrected chi connectivity index (χ0v) is 14.3. The Balaban J connectivity index is 1.84. The number of carbonyl (C=O) groups excluding carboxylic acids is 1. The third kappa shape index (κ3) is 3.26. The highest BCUT2D eigenvalue weighted by molar-refractivity contribution is 7.16. The highest BCUT2D eigenvalue weighted by atomic mass is 32.1. The number of carbonyl (C=O) groups is 2. The minimum absolute atomic E-state index is 0.412. The van der Waals surface area contributed by atoms with Gasteiger partial charge in [0, 0.05) is 10.4 Å². The fourth-order valence-electron chi connectivity index (χ4n) is 2.55. The number of aryl methyl sites for hydroxylation is 2. The molecule has 0 spiro atoms. The average molecular weight is 346 g/mol. The second-order valence-corrected chi connectivity index (χ2v) is 6.95. The number of hydrogen-bond acceptors (Lipinski definition) is 5. The largest absolute Gasteiger partial charge is 0.493 e. The molecule has 0 saturated carbocycles. The van der Waals surface area contributed by atoms with Crippen molar-refractivity contribution in [1.82, 2.24) is 4.98 Å². The minimum Gasteiger partial charge on any atom is -0.493 e. The maximum absolute atomic E-state index is 11.9. The second kappa shape index (κ2) is 6.60. The lowest BCUT2D eigenvalue weighted by Gasteiger charge is -2.17. The summed E-state index contributed by atoms with van der Waals surface area (Å²) in [6, 6.07) is 5.98. The Hall–Kier alpha value is -2.41. The Labute approximate surface area is 143 Å². The normalized spacial score (nSPS) is 14.4. The van der Waals surface area contributed by atoms with Gasteiger partial charge < -0.3 is 15.2 Å². The summed E-state index contributed by atoms with van der Waals surface area (Å²) in [6.07, 6.45) is 1.98. The van der Waals surface area contributed by atoms with Gasteiger partial charge in [0.1, 0.15) is 11.7 Å². The Morgan fingerprint density at radius 1 is 1.42 bits per heavy atom. The van der Waals surface area contributed by atoms with Crippen LogP contribution in [0.5, 0.6) is 5.75 Å². The highest BCUT2D eigenvalue weighted by Crippen LogP contribution is 2.34. The van der Waals surface area contributed by atoms with Crippen LogP contribution in [-0.2, 0) is 16.0 Å². The van der Waals surface area contributed by atoms with Crippen molar-refractivity contribution in [2.45, 2.75) is 26.7 Å². The number of anilines is 1. The van der Waals surface area contributed by atoms with Crippen LogP contribution in [0.15, 0.2) is 18.2 Å². The first-order valence-corrected chi connectivity index (χ1v) is 8.54. The Morgan fingerprint density at radius 3 is 2.96 bits per heavy atom. The van der Waals surface area contributed by atoms with Gasteiger partial charge in [0.25, 0.3) is 0 Å². The number of fused-ring (bicyclic) bond motifs is 1. The van der Waals surface area contributed by atoms with Gasteiger partial charge in [-0.3, -0.25) is 9.59 Å². The molecule has 3 rings (SSSR count). The summed E-state index contributed by atoms with van der Waals surface area (Å²) in [7, 11) is 0. The van der Waals surface area contributed by atoms with Crippen LogP contribution < -0.4 is 10.1 Å². The molecule has 0 radical (unpaired) electrons. The van der Waals surface area contributed by atoms with Crippen molar-refractivity contribution in [3.63, 3.8) is 0 Å². The molecule has 0 saturated heterocycles. The van der Waals surface area contributed by atoms with Crippen LogP contribution >= 0.6 is 11.3 Å². The zero-order chi connectivity index (χ0) is 17.3. The molecule has 2 aromatic rings. The topological polar surface area (TPSA) is 88.5 Å². The van der Waals surface area contributed by atoms with Gasteiger partial charge in [-0.25, -0.2) is 4.98 Å². The van der Waals surface area contributed by atoms with Crippen LogP contribution in [0.2, 0.25) is 0 Å². The van der Waals surface area contributed by atoms with E-state index in [1.54, 1.807) is 0 Å². The number of carboxylic acid groups (broad SMARTS) is 1. The standard InChI is InChI=1S/C17H18N2O4S/c1-9(16(21)22)15(20)19-17-18-14(10(2)24-17)12-5-6-13-11(8-12)4-3-7-23-13/h5-6,8-9H,3-4,7H2,1-2H3,(H,21,22)(H,18,19,20). The van der Waals surface area contributed by atoms with E-state index in [1.165, 1.54) is 18.3 Å². The molecule has 7 heteroatoms. The summed E-state index contributed by atoms with van der Waals surface area (Å²) < 4.78 is 5.62. The van der Waals surface area contributed by atoms with Gasteiger partial charge in [-0.2, -0.15) is 0 Å². The van der Waals surface area contributed by atoms with Crippen LogP contribution in [0, 0.1) is 12.8 Å². The number of carboxylic acids is 1. The lowest BCUT2D eigenvalue weighted by molar-refractivity contribution is -0.144. The van der Waals surface area contributed by atoms with E-state index >= 15 is 0 Å². The average Bonchev–Trinajstić information content (AvgIpc) is 2.93. The van der Waals surface area contributed by atoms with E-state index in [0.717, 1.165) is 46.9 Å². The molecule has 6 nitrogen and oxygen atoms in total. The molecule has 24 heavy (non-hydrogen) atoms. The number of nitrogens with zero attached hydrogens (tertiary/aromatic N) is 1. The van der Waals surface area contributed by atoms with Gasteiger partial charge in [0.15, 0.2) is 5.13 Å².